The predicted molar refractivity (Wildman–Crippen MR) is 89.7 cm³/mol. The van der Waals surface area contributed by atoms with Crippen molar-refractivity contribution in [2.24, 2.45) is 0 Å². The second kappa shape index (κ2) is 8.18. The van der Waals surface area contributed by atoms with Crippen LogP contribution in [0.5, 0.6) is 0 Å². The van der Waals surface area contributed by atoms with Gasteiger partial charge in [0.05, 0.1) is 26.1 Å². The van der Waals surface area contributed by atoms with Crippen LogP contribution in [0.25, 0.3) is 0 Å². The molecule has 0 bridgehead atoms. The van der Waals surface area contributed by atoms with E-state index in [1.54, 1.807) is 6.33 Å². The van der Waals surface area contributed by atoms with Gasteiger partial charge in [0.2, 0.25) is 0 Å². The molecule has 1 aromatic heterocycles. The monoisotopic (exact) mass is 484 g/mol. The van der Waals surface area contributed by atoms with Crippen LogP contribution in [0.2, 0.25) is 0 Å². The zero-order valence-electron chi connectivity index (χ0n) is 10.3. The van der Waals surface area contributed by atoms with Crippen LogP contribution in [0.3, 0.4) is 0 Å². The summed E-state index contributed by atoms with van der Waals surface area (Å²) < 4.78 is 15.2. The third kappa shape index (κ3) is 5.01. The Labute approximate surface area is 139 Å². The number of imidazole rings is 1. The third-order valence-electron chi connectivity index (χ3n) is 2.45. The first-order valence-corrected chi connectivity index (χ1v) is 7.98. The Morgan fingerprint density at radius 2 is 1.79 bits per heavy atom. The van der Waals surface area contributed by atoms with Crippen LogP contribution >= 0.6 is 45.2 Å². The molecule has 0 saturated carbocycles. The lowest BCUT2D eigenvalue weighted by atomic mass is 10.2. The minimum Gasteiger partial charge on any atom is -0.374 e. The minimum absolute atomic E-state index is 0.517. The normalized spacial score (nSPS) is 10.8. The van der Waals surface area contributed by atoms with Gasteiger partial charge >= 0.3 is 0 Å². The molecule has 19 heavy (non-hydrogen) atoms. The van der Waals surface area contributed by atoms with Gasteiger partial charge in [-0.15, -0.1) is 0 Å². The lowest BCUT2D eigenvalue weighted by Gasteiger charge is -2.07. The molecular weight excluding hydrogens is 470 g/mol. The molecule has 0 fully saturated rings. The van der Waals surface area contributed by atoms with E-state index in [4.69, 9.17) is 9.47 Å². The highest BCUT2D eigenvalue weighted by molar-refractivity contribution is 14.1. The van der Waals surface area contributed by atoms with Gasteiger partial charge in [0.15, 0.2) is 0 Å². The van der Waals surface area contributed by atoms with Gasteiger partial charge in [0.1, 0.15) is 14.1 Å². The molecule has 0 radical (unpaired) electrons. The van der Waals surface area contributed by atoms with Crippen molar-refractivity contribution < 1.29 is 9.47 Å². The summed E-state index contributed by atoms with van der Waals surface area (Å²) in [6.07, 6.45) is 1.79. The van der Waals surface area contributed by atoms with E-state index in [9.17, 15) is 0 Å². The smallest absolute Gasteiger partial charge is 0.133 e. The van der Waals surface area contributed by atoms with E-state index >= 15 is 0 Å². The highest BCUT2D eigenvalue weighted by Gasteiger charge is 2.03. The second-order valence-corrected chi connectivity index (χ2v) is 5.92. The first-order valence-electron chi connectivity index (χ1n) is 5.83. The van der Waals surface area contributed by atoms with Gasteiger partial charge in [-0.2, -0.15) is 0 Å². The summed E-state index contributed by atoms with van der Waals surface area (Å²) in [4.78, 5) is 4.20. The fourth-order valence-corrected chi connectivity index (χ4v) is 2.32. The van der Waals surface area contributed by atoms with Crippen LogP contribution in [0.1, 0.15) is 5.56 Å². The Morgan fingerprint density at radius 3 is 2.47 bits per heavy atom. The summed E-state index contributed by atoms with van der Waals surface area (Å²) >= 11 is 4.46. The van der Waals surface area contributed by atoms with Crippen LogP contribution in [0.15, 0.2) is 36.7 Å². The maximum absolute atomic E-state index is 5.54. The van der Waals surface area contributed by atoms with Crippen molar-refractivity contribution in [1.29, 1.82) is 0 Å². The van der Waals surface area contributed by atoms with E-state index in [2.05, 4.69) is 62.3 Å². The van der Waals surface area contributed by atoms with Crippen molar-refractivity contribution in [2.75, 3.05) is 13.2 Å². The van der Waals surface area contributed by atoms with Crippen LogP contribution in [-0.4, -0.2) is 22.8 Å². The number of hydrogen-bond acceptors (Lipinski definition) is 3. The van der Waals surface area contributed by atoms with Crippen LogP contribution in [0.4, 0.5) is 0 Å². The first-order chi connectivity index (χ1) is 9.27. The predicted octanol–water partition coefficient (Wildman–Crippen LogP) is 3.28. The zero-order valence-corrected chi connectivity index (χ0v) is 14.6. The summed E-state index contributed by atoms with van der Waals surface area (Å²) in [5.74, 6) is 0. The summed E-state index contributed by atoms with van der Waals surface area (Å²) in [7, 11) is 0. The maximum atomic E-state index is 5.54. The van der Waals surface area contributed by atoms with Gasteiger partial charge in [-0.05, 0) is 50.7 Å². The first kappa shape index (κ1) is 15.2. The van der Waals surface area contributed by atoms with Gasteiger partial charge in [-0.1, -0.05) is 30.3 Å². The van der Waals surface area contributed by atoms with E-state index in [0.717, 1.165) is 7.40 Å². The quantitative estimate of drug-likeness (QED) is 0.448. The minimum atomic E-state index is 0.517. The van der Waals surface area contributed by atoms with E-state index in [-0.39, 0.29) is 0 Å². The summed E-state index contributed by atoms with van der Waals surface area (Å²) in [5.41, 5.74) is 1.18. The van der Waals surface area contributed by atoms with E-state index in [1.807, 2.05) is 22.8 Å². The fraction of sp³-hybridized carbons (Fsp3) is 0.308. The van der Waals surface area contributed by atoms with E-state index in [0.29, 0.717) is 26.6 Å². The number of hydrogen-bond donors (Lipinski definition) is 0. The van der Waals surface area contributed by atoms with Gasteiger partial charge in [0, 0.05) is 0 Å². The summed E-state index contributed by atoms with van der Waals surface area (Å²) in [6.45, 7) is 2.32. The summed E-state index contributed by atoms with van der Waals surface area (Å²) in [6, 6.07) is 10.1. The van der Waals surface area contributed by atoms with Crippen molar-refractivity contribution in [2.45, 2.75) is 13.3 Å². The van der Waals surface area contributed by atoms with Crippen molar-refractivity contribution in [1.82, 2.24) is 9.55 Å². The van der Waals surface area contributed by atoms with Gasteiger partial charge < -0.3 is 14.0 Å². The lowest BCUT2D eigenvalue weighted by Crippen LogP contribution is -2.08. The topological polar surface area (TPSA) is 36.3 Å². The standard InChI is InChI=1S/C13H14I2N2O2/c14-12-13(15)17(9-16-12)10-19-7-6-18-8-11-4-2-1-3-5-11/h1-5,9H,6-8,10H2. The Balaban J connectivity index is 1.59. The molecule has 0 unspecified atom stereocenters. The number of rotatable bonds is 7. The number of nitrogens with zero attached hydrogens (tertiary/aromatic N) is 2. The van der Waals surface area contributed by atoms with E-state index in [1.165, 1.54) is 5.56 Å². The molecule has 0 atom stereocenters. The molecule has 0 N–H and O–H groups in total. The largest absolute Gasteiger partial charge is 0.374 e. The molecule has 4 nitrogen and oxygen atoms in total. The number of ether oxygens (including phenoxy) is 2. The molecule has 1 aromatic carbocycles. The Morgan fingerprint density at radius 1 is 1.05 bits per heavy atom. The molecule has 0 saturated heterocycles. The van der Waals surface area contributed by atoms with Gasteiger partial charge in [-0.25, -0.2) is 4.98 Å². The molecule has 1 heterocycles. The molecule has 0 aliphatic rings. The van der Waals surface area contributed by atoms with Crippen molar-refractivity contribution >= 4 is 45.2 Å². The SMILES string of the molecule is Ic1ncn(COCCOCc2ccccc2)c1I. The molecule has 0 amide bonds. The highest BCUT2D eigenvalue weighted by atomic mass is 127. The molecule has 0 aliphatic heterocycles. The van der Waals surface area contributed by atoms with Crippen LogP contribution in [0, 0.1) is 7.40 Å². The van der Waals surface area contributed by atoms with Crippen LogP contribution < -0.4 is 0 Å². The molecule has 6 heteroatoms. The molecule has 0 spiro atoms. The second-order valence-electron chi connectivity index (χ2n) is 3.87. The lowest BCUT2D eigenvalue weighted by molar-refractivity contribution is 0.0128. The Bertz CT molecular complexity index is 503. The average Bonchev–Trinajstić information content (AvgIpc) is 2.75. The molecular formula is C13H14I2N2O2. The molecule has 2 rings (SSSR count). The van der Waals surface area contributed by atoms with E-state index < -0.39 is 0 Å². The third-order valence-corrected chi connectivity index (χ3v) is 5.40. The maximum Gasteiger partial charge on any atom is 0.133 e. The molecule has 102 valence electrons. The number of aromatic nitrogens is 2. The average molecular weight is 484 g/mol. The Hall–Kier alpha value is -0.190. The van der Waals surface area contributed by atoms with Crippen molar-refractivity contribution in [3.63, 3.8) is 0 Å². The van der Waals surface area contributed by atoms with Gasteiger partial charge in [0.25, 0.3) is 0 Å². The van der Waals surface area contributed by atoms with Crippen LogP contribution in [-0.2, 0) is 22.8 Å². The van der Waals surface area contributed by atoms with Crippen molar-refractivity contribution in [3.8, 4) is 0 Å². The van der Waals surface area contributed by atoms with Gasteiger partial charge in [-0.3, -0.25) is 0 Å². The Kier molecular flexibility index (Phi) is 6.54. The highest BCUT2D eigenvalue weighted by Crippen LogP contribution is 2.12. The fourth-order valence-electron chi connectivity index (χ4n) is 1.48. The molecule has 0 aliphatic carbocycles. The number of halogens is 2. The molecule has 2 aromatic rings. The summed E-state index contributed by atoms with van der Waals surface area (Å²) in [5, 5.41) is 0. The zero-order chi connectivity index (χ0) is 13.5. The number of benzene rings is 1. The van der Waals surface area contributed by atoms with Crippen molar-refractivity contribution in [3.05, 3.63) is 49.6 Å².